The van der Waals surface area contributed by atoms with E-state index in [-0.39, 0.29) is 12.0 Å². The van der Waals surface area contributed by atoms with Crippen molar-refractivity contribution in [2.24, 2.45) is 5.41 Å². The summed E-state index contributed by atoms with van der Waals surface area (Å²) in [7, 11) is 1.64. The van der Waals surface area contributed by atoms with Crippen LogP contribution in [0.25, 0.3) is 0 Å². The summed E-state index contributed by atoms with van der Waals surface area (Å²) in [5, 5.41) is 9.74. The lowest BCUT2D eigenvalue weighted by Gasteiger charge is -2.41. The lowest BCUT2D eigenvalue weighted by Crippen LogP contribution is -2.44. The van der Waals surface area contributed by atoms with Gasteiger partial charge < -0.3 is 9.84 Å². The van der Waals surface area contributed by atoms with Crippen LogP contribution in [-0.2, 0) is 17.9 Å². The van der Waals surface area contributed by atoms with Gasteiger partial charge in [-0.1, -0.05) is 6.08 Å². The highest BCUT2D eigenvalue weighted by atomic mass is 16.5. The zero-order valence-electron chi connectivity index (χ0n) is 12.8. The summed E-state index contributed by atoms with van der Waals surface area (Å²) in [6.45, 7) is 7.26. The van der Waals surface area contributed by atoms with Crippen molar-refractivity contribution in [1.82, 2.24) is 14.9 Å². The van der Waals surface area contributed by atoms with Gasteiger partial charge in [-0.3, -0.25) is 4.90 Å². The second-order valence-electron chi connectivity index (χ2n) is 5.91. The fraction of sp³-hybridized carbons (Fsp3) is 0.625. The molecule has 1 aromatic heterocycles. The van der Waals surface area contributed by atoms with E-state index in [1.807, 2.05) is 18.5 Å². The van der Waals surface area contributed by atoms with E-state index in [1.165, 1.54) is 0 Å². The summed E-state index contributed by atoms with van der Waals surface area (Å²) >= 11 is 0. The molecule has 1 N–H and O–H groups in total. The topological polar surface area (TPSA) is 58.5 Å². The first-order valence-electron chi connectivity index (χ1n) is 7.44. The van der Waals surface area contributed by atoms with Crippen LogP contribution >= 0.6 is 0 Å². The van der Waals surface area contributed by atoms with E-state index < -0.39 is 0 Å². The molecule has 5 heteroatoms. The molecule has 116 valence electrons. The summed E-state index contributed by atoms with van der Waals surface area (Å²) in [6, 6.07) is 0. The summed E-state index contributed by atoms with van der Waals surface area (Å²) in [4.78, 5) is 11.0. The summed E-state index contributed by atoms with van der Waals surface area (Å²) in [6.07, 6.45) is 8.69. The average Bonchev–Trinajstić information content (AvgIpc) is 2.50. The van der Waals surface area contributed by atoms with Gasteiger partial charge in [0.25, 0.3) is 0 Å². The van der Waals surface area contributed by atoms with Gasteiger partial charge in [0.2, 0.25) is 0 Å². The summed E-state index contributed by atoms with van der Waals surface area (Å²) < 4.78 is 5.01. The fourth-order valence-electron chi connectivity index (χ4n) is 3.04. The first kappa shape index (κ1) is 16.1. The van der Waals surface area contributed by atoms with E-state index in [1.54, 1.807) is 7.11 Å². The molecule has 1 aromatic rings. The first-order valence-corrected chi connectivity index (χ1v) is 7.44. The molecular formula is C16H25N3O2. The van der Waals surface area contributed by atoms with Gasteiger partial charge in [0.1, 0.15) is 6.61 Å². The van der Waals surface area contributed by atoms with Gasteiger partial charge in [-0.05, 0) is 25.8 Å². The molecule has 5 nitrogen and oxygen atoms in total. The van der Waals surface area contributed by atoms with Crippen molar-refractivity contribution < 1.29 is 9.84 Å². The molecule has 0 amide bonds. The molecule has 1 atom stereocenters. The Labute approximate surface area is 126 Å². The number of ether oxygens (including phenoxy) is 1. The third-order valence-electron chi connectivity index (χ3n) is 4.09. The molecule has 21 heavy (non-hydrogen) atoms. The van der Waals surface area contributed by atoms with E-state index >= 15 is 0 Å². The Kier molecular flexibility index (Phi) is 5.85. The fourth-order valence-corrected chi connectivity index (χ4v) is 3.04. The maximum absolute atomic E-state index is 9.74. The van der Waals surface area contributed by atoms with Crippen LogP contribution < -0.4 is 0 Å². The van der Waals surface area contributed by atoms with Crippen molar-refractivity contribution in [3.05, 3.63) is 36.4 Å². The smallest absolute Gasteiger partial charge is 0.153 e. The van der Waals surface area contributed by atoms with Gasteiger partial charge >= 0.3 is 0 Å². The van der Waals surface area contributed by atoms with E-state index in [9.17, 15) is 5.11 Å². The molecule has 1 saturated heterocycles. The predicted octanol–water partition coefficient (Wildman–Crippen LogP) is 1.77. The maximum atomic E-state index is 9.74. The molecule has 0 aromatic carbocycles. The number of likely N-dealkylation sites (tertiary alicyclic amines) is 1. The van der Waals surface area contributed by atoms with Gasteiger partial charge in [0.15, 0.2) is 5.82 Å². The van der Waals surface area contributed by atoms with Gasteiger partial charge in [-0.2, -0.15) is 0 Å². The van der Waals surface area contributed by atoms with Gasteiger partial charge in [0, 0.05) is 43.6 Å². The highest BCUT2D eigenvalue weighted by molar-refractivity contribution is 5.06. The molecule has 0 bridgehead atoms. The van der Waals surface area contributed by atoms with Crippen LogP contribution in [0.1, 0.15) is 30.7 Å². The standard InChI is InChI=1S/C16H25N3O2/c1-3-5-16(13-20)6-4-7-19(12-16)10-14-8-17-15(11-21-2)18-9-14/h3,8-9,20H,1,4-7,10-13H2,2H3/t16-/m0/s1. The van der Waals surface area contributed by atoms with Crippen LogP contribution in [0.15, 0.2) is 25.0 Å². The Balaban J connectivity index is 1.97. The van der Waals surface area contributed by atoms with Crippen LogP contribution in [0.5, 0.6) is 0 Å². The van der Waals surface area contributed by atoms with Gasteiger partial charge in [-0.25, -0.2) is 9.97 Å². The summed E-state index contributed by atoms with van der Waals surface area (Å²) in [5.74, 6) is 0.705. The number of methoxy groups -OCH3 is 1. The number of allylic oxidation sites excluding steroid dienone is 1. The second kappa shape index (κ2) is 7.64. The molecule has 0 spiro atoms. The van der Waals surface area contributed by atoms with Crippen LogP contribution in [0.4, 0.5) is 0 Å². The van der Waals surface area contributed by atoms with E-state index in [4.69, 9.17) is 4.74 Å². The molecule has 0 aliphatic carbocycles. The third-order valence-corrected chi connectivity index (χ3v) is 4.09. The summed E-state index contributed by atoms with van der Waals surface area (Å²) in [5.41, 5.74) is 1.07. The van der Waals surface area contributed by atoms with E-state index in [0.717, 1.165) is 44.5 Å². The average molecular weight is 291 g/mol. The Morgan fingerprint density at radius 1 is 1.48 bits per heavy atom. The third kappa shape index (κ3) is 4.33. The number of piperidine rings is 1. The van der Waals surface area contributed by atoms with Gasteiger partial charge in [0.05, 0.1) is 6.61 Å². The molecule has 1 aliphatic rings. The Morgan fingerprint density at radius 2 is 2.24 bits per heavy atom. The number of aliphatic hydroxyl groups excluding tert-OH is 1. The van der Waals surface area contributed by atoms with Gasteiger partial charge in [-0.15, -0.1) is 6.58 Å². The molecular weight excluding hydrogens is 266 g/mol. The Hall–Kier alpha value is -1.30. The van der Waals surface area contributed by atoms with Crippen LogP contribution in [-0.4, -0.2) is 46.8 Å². The zero-order chi connectivity index (χ0) is 15.1. The molecule has 2 rings (SSSR count). The minimum absolute atomic E-state index is 0.0309. The molecule has 0 radical (unpaired) electrons. The number of aliphatic hydroxyl groups is 1. The number of hydrogen-bond acceptors (Lipinski definition) is 5. The van der Waals surface area contributed by atoms with Crippen molar-refractivity contribution in [3.63, 3.8) is 0 Å². The van der Waals surface area contributed by atoms with Crippen LogP contribution in [0.3, 0.4) is 0 Å². The number of rotatable bonds is 7. The Morgan fingerprint density at radius 3 is 2.86 bits per heavy atom. The molecule has 0 saturated carbocycles. The quantitative estimate of drug-likeness (QED) is 0.776. The Bertz CT molecular complexity index is 449. The number of hydrogen-bond donors (Lipinski definition) is 1. The predicted molar refractivity (Wildman–Crippen MR) is 81.6 cm³/mol. The van der Waals surface area contributed by atoms with E-state index in [0.29, 0.717) is 12.4 Å². The monoisotopic (exact) mass is 291 g/mol. The minimum atomic E-state index is -0.0309. The highest BCUT2D eigenvalue weighted by Gasteiger charge is 2.33. The van der Waals surface area contributed by atoms with E-state index in [2.05, 4.69) is 21.4 Å². The van der Waals surface area contributed by atoms with Crippen molar-refractivity contribution in [2.75, 3.05) is 26.8 Å². The normalized spacial score (nSPS) is 23.1. The second-order valence-corrected chi connectivity index (χ2v) is 5.91. The lowest BCUT2D eigenvalue weighted by molar-refractivity contribution is 0.0308. The number of aromatic nitrogens is 2. The SMILES string of the molecule is C=CC[C@]1(CO)CCCN(Cc2cnc(COC)nc2)C1. The molecule has 0 unspecified atom stereocenters. The van der Waals surface area contributed by atoms with Crippen molar-refractivity contribution >= 4 is 0 Å². The molecule has 1 fully saturated rings. The lowest BCUT2D eigenvalue weighted by atomic mass is 9.78. The maximum Gasteiger partial charge on any atom is 0.153 e. The molecule has 2 heterocycles. The van der Waals surface area contributed by atoms with Crippen molar-refractivity contribution in [3.8, 4) is 0 Å². The first-order chi connectivity index (χ1) is 10.2. The van der Waals surface area contributed by atoms with Crippen LogP contribution in [0.2, 0.25) is 0 Å². The van der Waals surface area contributed by atoms with Crippen LogP contribution in [0, 0.1) is 5.41 Å². The largest absolute Gasteiger partial charge is 0.396 e. The van der Waals surface area contributed by atoms with Crippen molar-refractivity contribution in [2.45, 2.75) is 32.4 Å². The molecule has 1 aliphatic heterocycles. The highest BCUT2D eigenvalue weighted by Crippen LogP contribution is 2.33. The zero-order valence-corrected chi connectivity index (χ0v) is 12.8. The number of nitrogens with zero attached hydrogens (tertiary/aromatic N) is 3. The van der Waals surface area contributed by atoms with Crippen molar-refractivity contribution in [1.29, 1.82) is 0 Å². The minimum Gasteiger partial charge on any atom is -0.396 e.